The number of halogens is 7. The molecule has 3 aliphatic heterocycles. The first-order valence-corrected chi connectivity index (χ1v) is 18.4. The van der Waals surface area contributed by atoms with E-state index in [4.69, 9.17) is 32.5 Å². The Balaban J connectivity index is 1.43. The summed E-state index contributed by atoms with van der Waals surface area (Å²) in [6, 6.07) is 4.06. The van der Waals surface area contributed by atoms with Crippen LogP contribution in [-0.4, -0.2) is 64.4 Å². The maximum absolute atomic E-state index is 17.5. The van der Waals surface area contributed by atoms with Crippen LogP contribution in [0.4, 0.5) is 43.0 Å². The van der Waals surface area contributed by atoms with Gasteiger partial charge in [0.15, 0.2) is 5.82 Å². The van der Waals surface area contributed by atoms with E-state index in [0.717, 1.165) is 18.6 Å². The summed E-state index contributed by atoms with van der Waals surface area (Å²) in [6.07, 6.45) is -1.66. The number of anilines is 3. The fourth-order valence-corrected chi connectivity index (χ4v) is 9.44. The molecule has 2 aromatic carbocycles. The third kappa shape index (κ3) is 6.01. The summed E-state index contributed by atoms with van der Waals surface area (Å²) in [5.74, 6) is -3.20. The molecule has 0 bridgehead atoms. The second kappa shape index (κ2) is 13.6. The largest absolute Gasteiger partial charge is 0.490 e. The van der Waals surface area contributed by atoms with E-state index in [1.165, 1.54) is 6.20 Å². The fourth-order valence-electron chi connectivity index (χ4n) is 8.33. The van der Waals surface area contributed by atoms with Crippen LogP contribution in [0.1, 0.15) is 48.4 Å². The summed E-state index contributed by atoms with van der Waals surface area (Å²) < 4.78 is 106. The molecule has 0 amide bonds. The average Bonchev–Trinajstić information content (AvgIpc) is 3.74. The van der Waals surface area contributed by atoms with Crippen molar-refractivity contribution in [3.05, 3.63) is 70.4 Å². The van der Waals surface area contributed by atoms with Gasteiger partial charge >= 0.3 is 12.2 Å². The lowest BCUT2D eigenvalue weighted by Gasteiger charge is -2.33. The van der Waals surface area contributed by atoms with Crippen molar-refractivity contribution in [2.45, 2.75) is 49.6 Å². The Morgan fingerprint density at radius 1 is 1.22 bits per heavy atom. The topological polar surface area (TPSA) is 139 Å². The highest BCUT2D eigenvalue weighted by Crippen LogP contribution is 2.54. The Morgan fingerprint density at radius 2 is 2.02 bits per heavy atom. The Hall–Kier alpha value is -5.05. The molecule has 3 aliphatic rings. The number of nitrogen functional groups attached to an aromatic ring is 2. The number of pyridine rings is 1. The first-order valence-electron chi connectivity index (χ1n) is 17.2. The molecule has 2 saturated heterocycles. The van der Waals surface area contributed by atoms with Gasteiger partial charge in [-0.05, 0) is 43.5 Å². The van der Waals surface area contributed by atoms with Crippen LogP contribution in [0.5, 0.6) is 11.8 Å². The molecule has 0 unspecified atom stereocenters. The van der Waals surface area contributed by atoms with Crippen molar-refractivity contribution in [3.63, 3.8) is 0 Å². The Morgan fingerprint density at radius 3 is 2.76 bits per heavy atom. The molecule has 0 saturated carbocycles. The summed E-state index contributed by atoms with van der Waals surface area (Å²) in [4.78, 5) is 16.8. The Kier molecular flexibility index (Phi) is 9.13. The van der Waals surface area contributed by atoms with E-state index in [9.17, 15) is 9.65 Å². The molecule has 286 valence electrons. The molecular weight excluding hydrogens is 770 g/mol. The molecule has 0 spiro atoms. The molecule has 2 fully saturated rings. The molecule has 6 heterocycles. The van der Waals surface area contributed by atoms with Crippen molar-refractivity contribution in [2.75, 3.05) is 49.2 Å². The second-order valence-electron chi connectivity index (χ2n) is 13.8. The highest BCUT2D eigenvalue weighted by atomic mass is 35.5. The molecule has 8 rings (SSSR count). The standard InChI is InChI=1S/C37H31ClF6N8O2S/c1-2-4-23(20-11-17(38)14-48-32(20)46)52-9-10-53-30-26-29(49-35(50-34(26)52)54-16-36-7-3-8-51(36)15-18(39)12-36)28(41)25(27(30)37(42,43)44)19-5-6-22(40)31-24(19)21(13-45)33(47)55-31/h2,5-6,11,14,18,23H,1,3-4,7-10,12,15-16,47H2,(H2,46,48)/t18-,23-,36+/m1/s1. The summed E-state index contributed by atoms with van der Waals surface area (Å²) in [6.45, 7) is 4.21. The number of ether oxygens (including phenoxy) is 2. The van der Waals surface area contributed by atoms with Gasteiger partial charge in [-0.1, -0.05) is 23.7 Å². The van der Waals surface area contributed by atoms with Gasteiger partial charge in [0.05, 0.1) is 38.8 Å². The lowest BCUT2D eigenvalue weighted by molar-refractivity contribution is -0.138. The number of alkyl halides is 4. The molecule has 18 heteroatoms. The molecule has 0 aliphatic carbocycles. The van der Waals surface area contributed by atoms with Gasteiger partial charge < -0.3 is 25.8 Å². The van der Waals surface area contributed by atoms with Crippen molar-refractivity contribution in [2.24, 2.45) is 0 Å². The van der Waals surface area contributed by atoms with Gasteiger partial charge in [-0.15, -0.1) is 17.9 Å². The van der Waals surface area contributed by atoms with Crippen LogP contribution < -0.4 is 25.8 Å². The molecular formula is C37H31ClF6N8O2S. The molecule has 3 aromatic heterocycles. The smallest absolute Gasteiger partial charge is 0.420 e. The maximum atomic E-state index is 17.5. The van der Waals surface area contributed by atoms with E-state index in [0.29, 0.717) is 29.9 Å². The first kappa shape index (κ1) is 36.9. The van der Waals surface area contributed by atoms with Crippen molar-refractivity contribution in [1.29, 1.82) is 5.26 Å². The predicted molar refractivity (Wildman–Crippen MR) is 197 cm³/mol. The Labute approximate surface area is 318 Å². The summed E-state index contributed by atoms with van der Waals surface area (Å²) in [7, 11) is 0. The first-order chi connectivity index (χ1) is 26.3. The Bertz CT molecular complexity index is 2440. The molecule has 3 atom stereocenters. The predicted octanol–water partition coefficient (Wildman–Crippen LogP) is 8.36. The van der Waals surface area contributed by atoms with Crippen LogP contribution in [-0.2, 0) is 6.18 Å². The molecule has 4 N–H and O–H groups in total. The van der Waals surface area contributed by atoms with Crippen molar-refractivity contribution >= 4 is 60.6 Å². The number of benzene rings is 2. The number of thiophene rings is 1. The van der Waals surface area contributed by atoms with Crippen molar-refractivity contribution < 1.29 is 35.8 Å². The highest BCUT2D eigenvalue weighted by Gasteiger charge is 2.50. The number of aromatic nitrogens is 3. The third-order valence-electron chi connectivity index (χ3n) is 10.6. The summed E-state index contributed by atoms with van der Waals surface area (Å²) in [5.41, 5.74) is 8.14. The third-order valence-corrected chi connectivity index (χ3v) is 11.8. The molecule has 10 nitrogen and oxygen atoms in total. The number of hydrogen-bond donors (Lipinski definition) is 2. The summed E-state index contributed by atoms with van der Waals surface area (Å²) in [5, 5.41) is 9.32. The van der Waals surface area contributed by atoms with Gasteiger partial charge in [0.2, 0.25) is 0 Å². The van der Waals surface area contributed by atoms with E-state index in [-0.39, 0.29) is 82.5 Å². The van der Waals surface area contributed by atoms with Gasteiger partial charge in [-0.2, -0.15) is 28.4 Å². The minimum Gasteiger partial charge on any atom is -0.490 e. The van der Waals surface area contributed by atoms with Crippen LogP contribution in [0.2, 0.25) is 5.02 Å². The van der Waals surface area contributed by atoms with Crippen LogP contribution in [0.15, 0.2) is 37.1 Å². The van der Waals surface area contributed by atoms with Gasteiger partial charge in [-0.25, -0.2) is 18.2 Å². The van der Waals surface area contributed by atoms with Gasteiger partial charge in [0.25, 0.3) is 0 Å². The molecule has 5 aromatic rings. The number of rotatable bonds is 8. The quantitative estimate of drug-likeness (QED) is 0.116. The zero-order chi connectivity index (χ0) is 39.0. The molecule has 0 radical (unpaired) electrons. The van der Waals surface area contributed by atoms with E-state index in [2.05, 4.69) is 21.5 Å². The zero-order valence-electron chi connectivity index (χ0n) is 28.8. The lowest BCUT2D eigenvalue weighted by atomic mass is 9.91. The van der Waals surface area contributed by atoms with Gasteiger partial charge in [0, 0.05) is 35.7 Å². The fraction of sp³-hybridized carbons (Fsp3) is 0.351. The van der Waals surface area contributed by atoms with Gasteiger partial charge in [-0.3, -0.25) is 4.90 Å². The second-order valence-corrected chi connectivity index (χ2v) is 15.3. The minimum atomic E-state index is -5.27. The number of nitrogens with two attached hydrogens (primary N) is 2. The number of fused-ring (bicyclic) bond motifs is 2. The number of hydrogen-bond acceptors (Lipinski definition) is 11. The van der Waals surface area contributed by atoms with E-state index in [1.54, 1.807) is 17.0 Å². The van der Waals surface area contributed by atoms with E-state index >= 15 is 22.0 Å². The summed E-state index contributed by atoms with van der Waals surface area (Å²) >= 11 is 6.98. The zero-order valence-corrected chi connectivity index (χ0v) is 30.4. The van der Waals surface area contributed by atoms with E-state index in [1.807, 2.05) is 11.0 Å². The van der Waals surface area contributed by atoms with Gasteiger partial charge in [0.1, 0.15) is 64.7 Å². The van der Waals surface area contributed by atoms with Crippen molar-refractivity contribution in [1.82, 2.24) is 19.9 Å². The maximum Gasteiger partial charge on any atom is 0.420 e. The van der Waals surface area contributed by atoms with Crippen LogP contribution >= 0.6 is 22.9 Å². The number of nitrogens with zero attached hydrogens (tertiary/aromatic N) is 6. The highest BCUT2D eigenvalue weighted by molar-refractivity contribution is 7.23. The van der Waals surface area contributed by atoms with Crippen molar-refractivity contribution in [3.8, 4) is 29.0 Å². The minimum absolute atomic E-state index is 0.0730. The average molecular weight is 801 g/mol. The SMILES string of the molecule is C=CC[C@H](c1cc(Cl)cnc1N)N1CCOc2c(C(F)(F)F)c(-c3ccc(F)c4sc(N)c(C#N)c34)c(F)c3nc(OC[C@@]45CCCN4C[C@H](F)C5)nc1c23. The number of nitriles is 1. The monoisotopic (exact) mass is 800 g/mol. The van der Waals surface area contributed by atoms with Crippen LogP contribution in [0.25, 0.3) is 32.1 Å². The van der Waals surface area contributed by atoms with E-state index < -0.39 is 68.9 Å². The van der Waals surface area contributed by atoms with Crippen LogP contribution in [0.3, 0.4) is 0 Å². The lowest BCUT2D eigenvalue weighted by Crippen LogP contribution is -2.43. The van der Waals surface area contributed by atoms with Crippen LogP contribution in [0, 0.1) is 23.0 Å². The normalized spacial score (nSPS) is 20.3. The molecule has 55 heavy (non-hydrogen) atoms.